The second kappa shape index (κ2) is 5.95. The Balaban J connectivity index is 2.59. The van der Waals surface area contributed by atoms with E-state index in [1.807, 2.05) is 30.3 Å². The van der Waals surface area contributed by atoms with Crippen LogP contribution in [0.25, 0.3) is 0 Å². The summed E-state index contributed by atoms with van der Waals surface area (Å²) >= 11 is 5.17. The molecule has 1 aromatic rings. The lowest BCUT2D eigenvalue weighted by Gasteiger charge is -2.20. The van der Waals surface area contributed by atoms with E-state index in [2.05, 4.69) is 5.43 Å². The summed E-state index contributed by atoms with van der Waals surface area (Å²) in [4.78, 5) is 22.3. The predicted molar refractivity (Wildman–Crippen MR) is 67.9 cm³/mol. The molecular weight excluding hydrogens is 238 g/mol. The monoisotopic (exact) mass is 251 g/mol. The molecule has 0 aliphatic heterocycles. The summed E-state index contributed by atoms with van der Waals surface area (Å²) in [6, 6.07) is 9.23. The highest BCUT2D eigenvalue weighted by molar-refractivity contribution is 7.80. The second-order valence-electron chi connectivity index (χ2n) is 3.41. The lowest BCUT2D eigenvalue weighted by atomic mass is 10.2. The molecule has 0 aromatic heterocycles. The molecule has 0 saturated carbocycles. The Hall–Kier alpha value is -1.95. The number of primary amides is 1. The standard InChI is InChI=1S/C11H13N3O2S/c1-14(13-10(16)7-9(12)15)11(17)8-5-3-2-4-6-8/h2-6H,7H2,1H3,(H2,12,15)(H,13,16). The first kappa shape index (κ1) is 13.1. The van der Waals surface area contributed by atoms with E-state index in [9.17, 15) is 9.59 Å². The summed E-state index contributed by atoms with van der Waals surface area (Å²) in [5.41, 5.74) is 8.18. The Bertz CT molecular complexity index is 434. The molecule has 0 aliphatic rings. The lowest BCUT2D eigenvalue weighted by molar-refractivity contribution is -0.129. The third-order valence-corrected chi connectivity index (χ3v) is 2.46. The fourth-order valence-electron chi connectivity index (χ4n) is 1.21. The number of benzene rings is 1. The molecule has 0 fully saturated rings. The predicted octanol–water partition coefficient (Wildman–Crippen LogP) is 0.200. The van der Waals surface area contributed by atoms with Crippen LogP contribution in [-0.4, -0.2) is 28.9 Å². The number of nitrogens with one attached hydrogen (secondary N) is 1. The maximum atomic E-state index is 11.3. The minimum atomic E-state index is -0.679. The highest BCUT2D eigenvalue weighted by Gasteiger charge is 2.11. The van der Waals surface area contributed by atoms with Crippen molar-refractivity contribution in [3.63, 3.8) is 0 Å². The maximum Gasteiger partial charge on any atom is 0.247 e. The number of hydrogen-bond acceptors (Lipinski definition) is 3. The number of carbonyl (C=O) groups excluding carboxylic acids is 2. The molecule has 0 saturated heterocycles. The Morgan fingerprint density at radius 1 is 1.35 bits per heavy atom. The first-order valence-corrected chi connectivity index (χ1v) is 5.32. The van der Waals surface area contributed by atoms with Gasteiger partial charge in [0.2, 0.25) is 11.8 Å². The van der Waals surface area contributed by atoms with Crippen molar-refractivity contribution < 1.29 is 9.59 Å². The van der Waals surface area contributed by atoms with Gasteiger partial charge in [-0.15, -0.1) is 0 Å². The molecule has 1 rings (SSSR count). The second-order valence-corrected chi connectivity index (χ2v) is 3.79. The Morgan fingerprint density at radius 3 is 2.47 bits per heavy atom. The number of amides is 2. The fourth-order valence-corrected chi connectivity index (χ4v) is 1.39. The molecule has 0 unspecified atom stereocenters. The van der Waals surface area contributed by atoms with E-state index in [0.29, 0.717) is 4.99 Å². The van der Waals surface area contributed by atoms with Crippen molar-refractivity contribution in [1.82, 2.24) is 10.4 Å². The molecule has 0 bridgehead atoms. The van der Waals surface area contributed by atoms with Crippen molar-refractivity contribution in [3.8, 4) is 0 Å². The van der Waals surface area contributed by atoms with E-state index < -0.39 is 11.8 Å². The van der Waals surface area contributed by atoms with Crippen LogP contribution in [0.3, 0.4) is 0 Å². The minimum absolute atomic E-state index is 0.359. The largest absolute Gasteiger partial charge is 0.369 e. The van der Waals surface area contributed by atoms with Gasteiger partial charge >= 0.3 is 0 Å². The van der Waals surface area contributed by atoms with Gasteiger partial charge in [0.1, 0.15) is 11.4 Å². The van der Waals surface area contributed by atoms with E-state index in [1.165, 1.54) is 5.01 Å². The zero-order valence-corrected chi connectivity index (χ0v) is 10.2. The summed E-state index contributed by atoms with van der Waals surface area (Å²) in [6.45, 7) is 0. The summed E-state index contributed by atoms with van der Waals surface area (Å²) in [5, 5.41) is 1.38. The van der Waals surface area contributed by atoms with Crippen molar-refractivity contribution in [2.45, 2.75) is 6.42 Å². The van der Waals surface area contributed by atoms with Crippen molar-refractivity contribution in [1.29, 1.82) is 0 Å². The third-order valence-electron chi connectivity index (χ3n) is 1.95. The van der Waals surface area contributed by atoms with E-state index in [4.69, 9.17) is 18.0 Å². The quantitative estimate of drug-likeness (QED) is 0.457. The van der Waals surface area contributed by atoms with Crippen LogP contribution in [0.4, 0.5) is 0 Å². The zero-order chi connectivity index (χ0) is 12.8. The van der Waals surface area contributed by atoms with Crippen molar-refractivity contribution in [2.75, 3.05) is 7.05 Å². The summed E-state index contributed by atoms with van der Waals surface area (Å²) in [6.07, 6.45) is -0.359. The van der Waals surface area contributed by atoms with Gasteiger partial charge in [-0.3, -0.25) is 20.0 Å². The molecule has 0 aliphatic carbocycles. The molecule has 0 heterocycles. The summed E-state index contributed by atoms with van der Waals surface area (Å²) in [5.74, 6) is -1.17. The van der Waals surface area contributed by atoms with Crippen molar-refractivity contribution in [2.24, 2.45) is 5.73 Å². The molecule has 0 radical (unpaired) electrons. The number of thiocarbonyl (C=S) groups is 1. The van der Waals surface area contributed by atoms with Gasteiger partial charge in [0, 0.05) is 12.6 Å². The number of hydrogen-bond donors (Lipinski definition) is 2. The average molecular weight is 251 g/mol. The highest BCUT2D eigenvalue weighted by Crippen LogP contribution is 2.02. The molecule has 0 atom stereocenters. The van der Waals surface area contributed by atoms with Crippen LogP contribution in [0.2, 0.25) is 0 Å². The zero-order valence-electron chi connectivity index (χ0n) is 9.34. The first-order valence-electron chi connectivity index (χ1n) is 4.91. The SMILES string of the molecule is CN(NC(=O)CC(N)=O)C(=S)c1ccccc1. The van der Waals surface area contributed by atoms with Gasteiger partial charge in [-0.1, -0.05) is 42.5 Å². The lowest BCUT2D eigenvalue weighted by Crippen LogP contribution is -2.44. The van der Waals surface area contributed by atoms with Crippen molar-refractivity contribution in [3.05, 3.63) is 35.9 Å². The van der Waals surface area contributed by atoms with Gasteiger partial charge in [0.15, 0.2) is 0 Å². The molecule has 3 N–H and O–H groups in total. The number of carbonyl (C=O) groups is 2. The molecule has 5 nitrogen and oxygen atoms in total. The number of nitrogens with two attached hydrogens (primary N) is 1. The summed E-state index contributed by atoms with van der Waals surface area (Å²) in [7, 11) is 1.61. The Labute approximate surface area is 105 Å². The fraction of sp³-hybridized carbons (Fsp3) is 0.182. The minimum Gasteiger partial charge on any atom is -0.369 e. The molecule has 90 valence electrons. The van der Waals surface area contributed by atoms with Gasteiger partial charge in [-0.25, -0.2) is 0 Å². The van der Waals surface area contributed by atoms with Gasteiger partial charge in [-0.05, 0) is 0 Å². The third kappa shape index (κ3) is 4.20. The Kier molecular flexibility index (Phi) is 4.59. The van der Waals surface area contributed by atoms with Gasteiger partial charge in [0.25, 0.3) is 0 Å². The smallest absolute Gasteiger partial charge is 0.247 e. The van der Waals surface area contributed by atoms with Gasteiger partial charge in [0.05, 0.1) is 0 Å². The van der Waals surface area contributed by atoms with Crippen LogP contribution >= 0.6 is 12.2 Å². The van der Waals surface area contributed by atoms with E-state index in [1.54, 1.807) is 7.05 Å². The van der Waals surface area contributed by atoms with Crippen LogP contribution in [-0.2, 0) is 9.59 Å². The van der Waals surface area contributed by atoms with Crippen LogP contribution in [0, 0.1) is 0 Å². The molecule has 6 heteroatoms. The first-order chi connectivity index (χ1) is 8.00. The molecule has 17 heavy (non-hydrogen) atoms. The van der Waals surface area contributed by atoms with Gasteiger partial charge < -0.3 is 5.73 Å². The number of nitrogens with zero attached hydrogens (tertiary/aromatic N) is 1. The van der Waals surface area contributed by atoms with E-state index in [0.717, 1.165) is 5.56 Å². The normalized spacial score (nSPS) is 9.47. The highest BCUT2D eigenvalue weighted by atomic mass is 32.1. The van der Waals surface area contributed by atoms with Gasteiger partial charge in [-0.2, -0.15) is 0 Å². The van der Waals surface area contributed by atoms with Crippen LogP contribution in [0.15, 0.2) is 30.3 Å². The molecule has 1 aromatic carbocycles. The number of rotatable bonds is 3. The van der Waals surface area contributed by atoms with E-state index >= 15 is 0 Å². The maximum absolute atomic E-state index is 11.3. The van der Waals surface area contributed by atoms with Crippen LogP contribution in [0.1, 0.15) is 12.0 Å². The Morgan fingerprint density at radius 2 is 1.94 bits per heavy atom. The molecular formula is C11H13N3O2S. The van der Waals surface area contributed by atoms with Crippen molar-refractivity contribution >= 4 is 29.0 Å². The van der Waals surface area contributed by atoms with Crippen LogP contribution < -0.4 is 11.2 Å². The molecule has 0 spiro atoms. The average Bonchev–Trinajstić information content (AvgIpc) is 2.28. The van der Waals surface area contributed by atoms with E-state index in [-0.39, 0.29) is 6.42 Å². The number of hydrazine groups is 1. The topological polar surface area (TPSA) is 75.4 Å². The molecule has 2 amide bonds. The van der Waals surface area contributed by atoms with Crippen LogP contribution in [0.5, 0.6) is 0 Å². The summed E-state index contributed by atoms with van der Waals surface area (Å²) < 4.78 is 0.